The van der Waals surface area contributed by atoms with Crippen molar-refractivity contribution in [1.29, 1.82) is 0 Å². The summed E-state index contributed by atoms with van der Waals surface area (Å²) >= 11 is 0. The highest BCUT2D eigenvalue weighted by molar-refractivity contribution is 7.88. The lowest BCUT2D eigenvalue weighted by Crippen LogP contribution is -2.63. The molecule has 0 amide bonds. The van der Waals surface area contributed by atoms with Crippen molar-refractivity contribution in [2.45, 2.75) is 54.9 Å². The Morgan fingerprint density at radius 1 is 0.782 bits per heavy atom. The number of aromatic hydroxyl groups is 1. The maximum absolute atomic E-state index is 13.6. The van der Waals surface area contributed by atoms with Gasteiger partial charge in [-0.25, -0.2) is 0 Å². The summed E-state index contributed by atoms with van der Waals surface area (Å²) in [4.78, 5) is 13.5. The van der Waals surface area contributed by atoms with Gasteiger partial charge in [0, 0.05) is 5.22 Å². The first-order chi connectivity index (χ1) is 25.5. The number of carbonyl (C=O) groups is 1. The molecule has 0 radical (unpaired) electrons. The fraction of sp³-hybridized carbons (Fsp3) is 0.500. The summed E-state index contributed by atoms with van der Waals surface area (Å²) in [7, 11) is -11.3. The minimum Gasteiger partial charge on any atom is -0.502 e. The van der Waals surface area contributed by atoms with Crippen molar-refractivity contribution >= 4 is 37.5 Å². The van der Waals surface area contributed by atoms with Crippen molar-refractivity contribution in [2.24, 2.45) is 11.8 Å². The van der Waals surface area contributed by atoms with Gasteiger partial charge in [-0.1, -0.05) is 0 Å². The molecule has 0 bridgehead atoms. The number of hydrogen-bond acceptors (Lipinski definition) is 17. The van der Waals surface area contributed by atoms with Crippen molar-refractivity contribution in [3.8, 4) is 28.7 Å². The van der Waals surface area contributed by atoms with Crippen LogP contribution in [0.1, 0.15) is 12.5 Å². The fourth-order valence-corrected chi connectivity index (χ4v) is 7.26. The highest BCUT2D eigenvalue weighted by Crippen LogP contribution is 2.46. The number of aliphatic hydroxyl groups excluding tert-OH is 2. The number of carbonyl (C=O) groups excluding carboxylic acids is 1. The topological polar surface area (TPSA) is 229 Å². The SMILES string of the molecule is COc1cc(C2=c3cc(OS(=O)(=O)C(F)(F)F)c(OS(=O)(=O)C(F)(F)F)cc3=C(O[C@@H]3O[C@@H]4CO[C@@H](C)O[C@H]4[C@H](O)[C@H]3O)[C@H]3COC(=O)[C@H]23)cc(OC)c1O. The Kier molecular flexibility index (Phi) is 10.3. The number of halogens is 6. The summed E-state index contributed by atoms with van der Waals surface area (Å²) in [6.07, 6.45) is -8.70. The third kappa shape index (κ3) is 7.17. The van der Waals surface area contributed by atoms with Crippen LogP contribution in [0.2, 0.25) is 0 Å². The molecule has 3 fully saturated rings. The Morgan fingerprint density at radius 2 is 1.33 bits per heavy atom. The van der Waals surface area contributed by atoms with E-state index in [2.05, 4.69) is 8.37 Å². The zero-order valence-corrected chi connectivity index (χ0v) is 29.6. The van der Waals surface area contributed by atoms with E-state index in [1.54, 1.807) is 0 Å². The summed E-state index contributed by atoms with van der Waals surface area (Å²) in [6, 6.07) is 2.86. The first kappa shape index (κ1) is 40.4. The van der Waals surface area contributed by atoms with Gasteiger partial charge in [-0.05, 0) is 47.5 Å². The molecule has 25 heteroatoms. The molecule has 3 saturated heterocycles. The first-order valence-corrected chi connectivity index (χ1v) is 18.3. The summed E-state index contributed by atoms with van der Waals surface area (Å²) in [5, 5.41) is 31.4. The molecule has 17 nitrogen and oxygen atoms in total. The van der Waals surface area contributed by atoms with Gasteiger partial charge in [-0.3, -0.25) is 4.79 Å². The number of benzene rings is 2. The molecule has 3 heterocycles. The van der Waals surface area contributed by atoms with Crippen LogP contribution in [-0.2, 0) is 48.7 Å². The molecule has 2 aromatic carbocycles. The molecule has 4 aliphatic rings. The van der Waals surface area contributed by atoms with Crippen LogP contribution in [0.5, 0.6) is 28.7 Å². The fourth-order valence-electron chi connectivity index (χ4n) is 6.34. The largest absolute Gasteiger partial charge is 0.534 e. The second-order valence-electron chi connectivity index (χ2n) is 12.2. The summed E-state index contributed by atoms with van der Waals surface area (Å²) in [6.45, 7) is 0.695. The maximum atomic E-state index is 13.6. The maximum Gasteiger partial charge on any atom is 0.534 e. The van der Waals surface area contributed by atoms with Crippen LogP contribution in [0.4, 0.5) is 26.3 Å². The lowest BCUT2D eigenvalue weighted by molar-refractivity contribution is -0.348. The molecule has 3 aliphatic heterocycles. The van der Waals surface area contributed by atoms with Gasteiger partial charge in [-0.15, -0.1) is 0 Å². The Labute approximate surface area is 305 Å². The number of ether oxygens (including phenoxy) is 7. The highest BCUT2D eigenvalue weighted by Gasteiger charge is 2.54. The van der Waals surface area contributed by atoms with E-state index in [0.717, 1.165) is 26.4 Å². The molecule has 55 heavy (non-hydrogen) atoms. The molecule has 8 atom stereocenters. The van der Waals surface area contributed by atoms with E-state index in [9.17, 15) is 63.3 Å². The van der Waals surface area contributed by atoms with E-state index < -0.39 is 126 Å². The summed E-state index contributed by atoms with van der Waals surface area (Å²) in [5.41, 5.74) is -12.9. The molecule has 0 saturated carbocycles. The third-order valence-electron chi connectivity index (χ3n) is 8.83. The molecule has 304 valence electrons. The molecule has 0 aromatic heterocycles. The zero-order chi connectivity index (χ0) is 40.6. The lowest BCUT2D eigenvalue weighted by Gasteiger charge is -2.46. The molecule has 0 spiro atoms. The number of fused-ring (bicyclic) bond motifs is 3. The van der Waals surface area contributed by atoms with E-state index in [1.807, 2.05) is 0 Å². The molecule has 0 unspecified atom stereocenters. The predicted molar refractivity (Wildman–Crippen MR) is 164 cm³/mol. The van der Waals surface area contributed by atoms with Crippen molar-refractivity contribution in [3.63, 3.8) is 0 Å². The molecule has 2 aromatic rings. The van der Waals surface area contributed by atoms with Gasteiger partial charge < -0.3 is 56.8 Å². The second kappa shape index (κ2) is 14.0. The number of methoxy groups -OCH3 is 2. The summed E-state index contributed by atoms with van der Waals surface area (Å²) < 4.78 is 177. The van der Waals surface area contributed by atoms with Gasteiger partial charge in [0.2, 0.25) is 12.0 Å². The number of phenolic OH excluding ortho intramolecular Hbond substituents is 1. The third-order valence-corrected chi connectivity index (χ3v) is 10.8. The van der Waals surface area contributed by atoms with E-state index in [-0.39, 0.29) is 29.2 Å². The zero-order valence-electron chi connectivity index (χ0n) is 28.0. The van der Waals surface area contributed by atoms with Gasteiger partial charge in [-0.2, -0.15) is 43.2 Å². The molecule has 1 aliphatic carbocycles. The van der Waals surface area contributed by atoms with Crippen LogP contribution in [0, 0.1) is 11.8 Å². The normalized spacial score (nSPS) is 28.4. The molecular formula is C30H28F6O17S2. The van der Waals surface area contributed by atoms with Crippen LogP contribution in [0.15, 0.2) is 24.3 Å². The number of rotatable bonds is 9. The number of alkyl halides is 6. The Bertz CT molecular complexity index is 2200. The van der Waals surface area contributed by atoms with Gasteiger partial charge in [0.1, 0.15) is 36.8 Å². The van der Waals surface area contributed by atoms with Crippen molar-refractivity contribution in [3.05, 3.63) is 40.3 Å². The van der Waals surface area contributed by atoms with Gasteiger partial charge in [0.05, 0.1) is 32.7 Å². The minimum absolute atomic E-state index is 0.139. The second-order valence-corrected chi connectivity index (χ2v) is 15.3. The minimum atomic E-state index is -6.77. The van der Waals surface area contributed by atoms with Gasteiger partial charge in [0.25, 0.3) is 0 Å². The summed E-state index contributed by atoms with van der Waals surface area (Å²) in [5.74, 6) is -9.26. The average Bonchev–Trinajstić information content (AvgIpc) is 3.47. The van der Waals surface area contributed by atoms with Gasteiger partial charge in [0.15, 0.2) is 29.3 Å². The molecule has 3 N–H and O–H groups in total. The van der Waals surface area contributed by atoms with Crippen LogP contribution in [0.3, 0.4) is 0 Å². The van der Waals surface area contributed by atoms with Crippen LogP contribution >= 0.6 is 0 Å². The number of hydrogen-bond donors (Lipinski definition) is 3. The van der Waals surface area contributed by atoms with E-state index >= 15 is 0 Å². The van der Waals surface area contributed by atoms with Gasteiger partial charge >= 0.3 is 37.2 Å². The Balaban J connectivity index is 1.70. The first-order valence-electron chi connectivity index (χ1n) is 15.5. The van der Waals surface area contributed by atoms with E-state index in [4.69, 9.17) is 33.2 Å². The van der Waals surface area contributed by atoms with Crippen molar-refractivity contribution in [1.82, 2.24) is 0 Å². The Hall–Kier alpha value is -4.27. The monoisotopic (exact) mass is 838 g/mol. The quantitative estimate of drug-likeness (QED) is 0.133. The molecule has 6 rings (SSSR count). The van der Waals surface area contributed by atoms with E-state index in [0.29, 0.717) is 12.1 Å². The number of cyclic esters (lactones) is 1. The standard InChI is InChI=1S/C30H28F6O17S2/c1-10-47-9-19-26(49-10)23(38)24(39)28(50-19)51-25-13-7-16(53-55(43,44)30(34,35)36)15(52-54(41,42)29(31,32)33)6-12(13)20(21-14(25)8-48-27(21)40)11-4-17(45-2)22(37)18(5-11)46-3/h4-7,10,14,19,21,23-24,26,28,37-39H,8-9H2,1-3H3/t10-,14+,19-,21+,23-,24-,26-,28+/m1/s1. The Morgan fingerprint density at radius 3 is 1.85 bits per heavy atom. The average molecular weight is 839 g/mol. The molecular weight excluding hydrogens is 810 g/mol. The van der Waals surface area contributed by atoms with E-state index in [1.165, 1.54) is 6.92 Å². The van der Waals surface area contributed by atoms with Crippen LogP contribution in [0.25, 0.3) is 11.3 Å². The number of esters is 1. The smallest absolute Gasteiger partial charge is 0.502 e. The predicted octanol–water partition coefficient (Wildman–Crippen LogP) is 0.201. The van der Waals surface area contributed by atoms with Crippen molar-refractivity contribution in [2.75, 3.05) is 27.4 Å². The highest BCUT2D eigenvalue weighted by atomic mass is 32.2. The number of phenols is 1. The van der Waals surface area contributed by atoms with Crippen LogP contribution < -0.4 is 28.3 Å². The lowest BCUT2D eigenvalue weighted by atomic mass is 9.77. The van der Waals surface area contributed by atoms with Crippen molar-refractivity contribution < 1.29 is 105 Å². The van der Waals surface area contributed by atoms with Crippen LogP contribution in [-0.4, -0.2) is 114 Å². The number of aliphatic hydroxyl groups is 2.